The highest BCUT2D eigenvalue weighted by molar-refractivity contribution is 5.78. The molecule has 0 aliphatic rings. The first kappa shape index (κ1) is 11.2. The van der Waals surface area contributed by atoms with E-state index < -0.39 is 6.04 Å². The molecule has 1 amide bonds. The van der Waals surface area contributed by atoms with Crippen LogP contribution in [0.5, 0.6) is 0 Å². The Bertz CT molecular complexity index is 357. The van der Waals surface area contributed by atoms with Gasteiger partial charge in [0.25, 0.3) is 0 Å². The van der Waals surface area contributed by atoms with Crippen LogP contribution in [-0.4, -0.2) is 17.6 Å². The van der Waals surface area contributed by atoms with Gasteiger partial charge in [-0.1, -0.05) is 30.3 Å². The largest absolute Gasteiger partial charge is 0.394 e. The highest BCUT2D eigenvalue weighted by Gasteiger charge is 2.12. The zero-order valence-corrected chi connectivity index (χ0v) is 8.18. The first-order chi connectivity index (χ1) is 7.27. The summed E-state index contributed by atoms with van der Waals surface area (Å²) in [6, 6.07) is 10.5. The van der Waals surface area contributed by atoms with Crippen molar-refractivity contribution in [3.63, 3.8) is 0 Å². The van der Waals surface area contributed by atoms with Crippen LogP contribution in [0.1, 0.15) is 18.0 Å². The number of hydrogen-bond donors (Lipinski definition) is 2. The van der Waals surface area contributed by atoms with Crippen LogP contribution in [-0.2, 0) is 4.79 Å². The Kier molecular flexibility index (Phi) is 4.32. The fourth-order valence-electron chi connectivity index (χ4n) is 1.24. The van der Waals surface area contributed by atoms with E-state index in [1.54, 1.807) is 6.07 Å². The minimum absolute atomic E-state index is 0.179. The Balaban J connectivity index is 2.65. The van der Waals surface area contributed by atoms with E-state index in [1.807, 2.05) is 30.3 Å². The quantitative estimate of drug-likeness (QED) is 0.760. The molecule has 0 radical (unpaired) electrons. The van der Waals surface area contributed by atoms with Gasteiger partial charge in [0.15, 0.2) is 0 Å². The first-order valence-electron chi connectivity index (χ1n) is 4.60. The maximum Gasteiger partial charge on any atom is 0.234 e. The van der Waals surface area contributed by atoms with Crippen molar-refractivity contribution >= 4 is 5.91 Å². The number of carbonyl (C=O) groups excluding carboxylic acids is 1. The third-order valence-corrected chi connectivity index (χ3v) is 1.96. The van der Waals surface area contributed by atoms with Crippen LogP contribution in [0.2, 0.25) is 0 Å². The monoisotopic (exact) mass is 204 g/mol. The number of nitrogens with one attached hydrogen (secondary N) is 1. The molecule has 0 unspecified atom stereocenters. The van der Waals surface area contributed by atoms with Crippen molar-refractivity contribution in [2.24, 2.45) is 0 Å². The summed E-state index contributed by atoms with van der Waals surface area (Å²) in [5.74, 6) is -0.375. The van der Waals surface area contributed by atoms with E-state index >= 15 is 0 Å². The molecule has 1 aromatic rings. The number of nitriles is 1. The number of benzene rings is 1. The van der Waals surface area contributed by atoms with Gasteiger partial charge in [0.05, 0.1) is 18.7 Å². The van der Waals surface area contributed by atoms with E-state index in [4.69, 9.17) is 10.4 Å². The molecule has 0 saturated carbocycles. The van der Waals surface area contributed by atoms with Gasteiger partial charge in [0.2, 0.25) is 5.91 Å². The molecule has 0 fully saturated rings. The molecule has 78 valence electrons. The summed E-state index contributed by atoms with van der Waals surface area (Å²) in [7, 11) is 0. The van der Waals surface area contributed by atoms with Crippen LogP contribution in [0.4, 0.5) is 0 Å². The summed E-state index contributed by atoms with van der Waals surface area (Å²) < 4.78 is 0. The van der Waals surface area contributed by atoms with Gasteiger partial charge < -0.3 is 10.4 Å². The molecule has 0 saturated heterocycles. The predicted molar refractivity (Wildman–Crippen MR) is 54.6 cm³/mol. The van der Waals surface area contributed by atoms with Crippen LogP contribution in [0, 0.1) is 11.3 Å². The van der Waals surface area contributed by atoms with E-state index in [9.17, 15) is 4.79 Å². The lowest BCUT2D eigenvalue weighted by molar-refractivity contribution is -0.121. The van der Waals surface area contributed by atoms with Crippen molar-refractivity contribution in [2.45, 2.75) is 12.5 Å². The Labute approximate surface area is 88.2 Å². The van der Waals surface area contributed by atoms with Gasteiger partial charge in [-0.3, -0.25) is 4.79 Å². The molecule has 0 bridgehead atoms. The van der Waals surface area contributed by atoms with Gasteiger partial charge in [-0.25, -0.2) is 0 Å². The molecule has 4 nitrogen and oxygen atoms in total. The second-order valence-corrected chi connectivity index (χ2v) is 3.05. The van der Waals surface area contributed by atoms with Crippen molar-refractivity contribution < 1.29 is 9.90 Å². The molecule has 0 aliphatic heterocycles. The lowest BCUT2D eigenvalue weighted by Crippen LogP contribution is -2.30. The average molecular weight is 204 g/mol. The van der Waals surface area contributed by atoms with Crippen LogP contribution in [0.15, 0.2) is 30.3 Å². The fourth-order valence-corrected chi connectivity index (χ4v) is 1.24. The zero-order chi connectivity index (χ0) is 11.1. The van der Waals surface area contributed by atoms with Crippen molar-refractivity contribution in [1.82, 2.24) is 5.32 Å². The Morgan fingerprint density at radius 3 is 2.67 bits per heavy atom. The van der Waals surface area contributed by atoms with Gasteiger partial charge in [-0.15, -0.1) is 0 Å². The zero-order valence-electron chi connectivity index (χ0n) is 8.18. The van der Waals surface area contributed by atoms with Crippen LogP contribution >= 0.6 is 0 Å². The molecule has 1 rings (SSSR count). The highest BCUT2D eigenvalue weighted by atomic mass is 16.3. The normalized spacial score (nSPS) is 11.5. The second-order valence-electron chi connectivity index (χ2n) is 3.05. The van der Waals surface area contributed by atoms with Crippen molar-refractivity contribution in [3.05, 3.63) is 35.9 Å². The van der Waals surface area contributed by atoms with Crippen LogP contribution in [0.3, 0.4) is 0 Å². The maximum absolute atomic E-state index is 11.1. The topological polar surface area (TPSA) is 73.1 Å². The number of nitrogens with zero attached hydrogens (tertiary/aromatic N) is 1. The number of hydrogen-bond acceptors (Lipinski definition) is 3. The third-order valence-electron chi connectivity index (χ3n) is 1.96. The van der Waals surface area contributed by atoms with Crippen LogP contribution in [0.25, 0.3) is 0 Å². The van der Waals surface area contributed by atoms with E-state index in [1.165, 1.54) is 0 Å². The minimum atomic E-state index is -0.438. The van der Waals surface area contributed by atoms with Gasteiger partial charge >= 0.3 is 0 Å². The molecule has 0 heterocycles. The number of aliphatic hydroxyl groups excluding tert-OH is 1. The summed E-state index contributed by atoms with van der Waals surface area (Å²) in [4.78, 5) is 11.1. The smallest absolute Gasteiger partial charge is 0.234 e. The number of carbonyl (C=O) groups is 1. The van der Waals surface area contributed by atoms with Crippen molar-refractivity contribution in [3.8, 4) is 6.07 Å². The Morgan fingerprint density at radius 2 is 2.13 bits per heavy atom. The summed E-state index contributed by atoms with van der Waals surface area (Å²) in [6.07, 6.45) is -0.191. The number of rotatable bonds is 4. The highest BCUT2D eigenvalue weighted by Crippen LogP contribution is 2.11. The Morgan fingerprint density at radius 1 is 1.47 bits per heavy atom. The second kappa shape index (κ2) is 5.78. The molecular formula is C11H12N2O2. The molecule has 2 N–H and O–H groups in total. The number of amides is 1. The van der Waals surface area contributed by atoms with E-state index in [0.29, 0.717) is 0 Å². The van der Waals surface area contributed by atoms with E-state index in [2.05, 4.69) is 5.32 Å². The SMILES string of the molecule is N#CCC(=O)N[C@H](CO)c1ccccc1. The van der Waals surface area contributed by atoms with Crippen molar-refractivity contribution in [2.75, 3.05) is 6.61 Å². The third kappa shape index (κ3) is 3.41. The number of aliphatic hydroxyl groups is 1. The van der Waals surface area contributed by atoms with Gasteiger partial charge in [-0.2, -0.15) is 5.26 Å². The summed E-state index contributed by atoms with van der Waals surface area (Å²) in [5.41, 5.74) is 0.825. The average Bonchev–Trinajstić information content (AvgIpc) is 2.27. The molecule has 1 atom stereocenters. The summed E-state index contributed by atoms with van der Waals surface area (Å²) >= 11 is 0. The van der Waals surface area contributed by atoms with Crippen LogP contribution < -0.4 is 5.32 Å². The van der Waals surface area contributed by atoms with E-state index in [0.717, 1.165) is 5.56 Å². The van der Waals surface area contributed by atoms with Gasteiger partial charge in [0, 0.05) is 0 Å². The molecule has 15 heavy (non-hydrogen) atoms. The van der Waals surface area contributed by atoms with Gasteiger partial charge in [0.1, 0.15) is 6.42 Å². The van der Waals surface area contributed by atoms with E-state index in [-0.39, 0.29) is 18.9 Å². The first-order valence-corrected chi connectivity index (χ1v) is 4.60. The molecule has 1 aromatic carbocycles. The summed E-state index contributed by atoms with van der Waals surface area (Å²) in [6.45, 7) is -0.179. The summed E-state index contributed by atoms with van der Waals surface area (Å²) in [5, 5.41) is 20.0. The lowest BCUT2D eigenvalue weighted by Gasteiger charge is -2.15. The van der Waals surface area contributed by atoms with Gasteiger partial charge in [-0.05, 0) is 5.56 Å². The molecule has 4 heteroatoms. The minimum Gasteiger partial charge on any atom is -0.394 e. The molecule has 0 aromatic heterocycles. The fraction of sp³-hybridized carbons (Fsp3) is 0.273. The molecule has 0 aliphatic carbocycles. The molecular weight excluding hydrogens is 192 g/mol. The lowest BCUT2D eigenvalue weighted by atomic mass is 10.1. The molecule has 0 spiro atoms. The Hall–Kier alpha value is -1.86. The predicted octanol–water partition coefficient (Wildman–Crippen LogP) is 0.750. The standard InChI is InChI=1S/C11H12N2O2/c12-7-6-11(15)13-10(8-14)9-4-2-1-3-5-9/h1-5,10,14H,6,8H2,(H,13,15)/t10-/m1/s1. The van der Waals surface area contributed by atoms with Crippen molar-refractivity contribution in [1.29, 1.82) is 5.26 Å². The maximum atomic E-state index is 11.1.